The molecular weight excluding hydrogens is 226 g/mol. The molecule has 2 aromatic heterocycles. The second-order valence-corrected chi connectivity index (χ2v) is 4.25. The molecule has 1 aromatic carbocycles. The number of carbonyl (C=O) groups excluding carboxylic acids is 1. The zero-order valence-electron chi connectivity index (χ0n) is 9.81. The number of aromatic amines is 2. The van der Waals surface area contributed by atoms with Crippen molar-refractivity contribution < 1.29 is 4.79 Å². The van der Waals surface area contributed by atoms with Crippen LogP contribution in [-0.4, -0.2) is 20.7 Å². The molecule has 0 unspecified atom stereocenters. The van der Waals surface area contributed by atoms with Crippen molar-refractivity contribution in [3.63, 3.8) is 0 Å². The Kier molecular flexibility index (Phi) is 2.68. The van der Waals surface area contributed by atoms with Gasteiger partial charge in [-0.1, -0.05) is 18.2 Å². The highest BCUT2D eigenvalue weighted by molar-refractivity contribution is 6.07. The largest absolute Gasteiger partial charge is 0.360 e. The van der Waals surface area contributed by atoms with E-state index in [1.807, 2.05) is 24.3 Å². The van der Waals surface area contributed by atoms with E-state index in [-0.39, 0.29) is 5.78 Å². The predicted molar refractivity (Wildman–Crippen MR) is 69.5 cm³/mol. The molecule has 0 aliphatic rings. The van der Waals surface area contributed by atoms with Gasteiger partial charge in [0.1, 0.15) is 0 Å². The molecule has 2 heterocycles. The molecule has 0 saturated heterocycles. The molecule has 18 heavy (non-hydrogen) atoms. The van der Waals surface area contributed by atoms with E-state index >= 15 is 0 Å². The van der Waals surface area contributed by atoms with Crippen LogP contribution in [0, 0.1) is 0 Å². The van der Waals surface area contributed by atoms with Gasteiger partial charge < -0.3 is 9.97 Å². The number of H-pyrrole nitrogens is 2. The molecule has 90 valence electrons. The number of carbonyl (C=O) groups is 1. The predicted octanol–water partition coefficient (Wildman–Crippen LogP) is 2.71. The van der Waals surface area contributed by atoms with E-state index in [0.717, 1.165) is 22.2 Å². The summed E-state index contributed by atoms with van der Waals surface area (Å²) in [5.41, 5.74) is 2.76. The molecule has 2 N–H and O–H groups in total. The Morgan fingerprint density at radius 3 is 2.94 bits per heavy atom. The van der Waals surface area contributed by atoms with Gasteiger partial charge in [0.25, 0.3) is 0 Å². The van der Waals surface area contributed by atoms with Crippen molar-refractivity contribution in [2.75, 3.05) is 0 Å². The summed E-state index contributed by atoms with van der Waals surface area (Å²) >= 11 is 0. The van der Waals surface area contributed by atoms with Crippen LogP contribution in [-0.2, 0) is 6.42 Å². The van der Waals surface area contributed by atoms with Gasteiger partial charge in [-0.25, -0.2) is 4.98 Å². The number of aromatic nitrogens is 3. The molecule has 0 aliphatic carbocycles. The van der Waals surface area contributed by atoms with Crippen molar-refractivity contribution in [1.82, 2.24) is 15.0 Å². The van der Waals surface area contributed by atoms with Gasteiger partial charge >= 0.3 is 0 Å². The van der Waals surface area contributed by atoms with Crippen molar-refractivity contribution in [1.29, 1.82) is 0 Å². The van der Waals surface area contributed by atoms with Crippen molar-refractivity contribution in [3.8, 4) is 0 Å². The van der Waals surface area contributed by atoms with Gasteiger partial charge in [-0.05, 0) is 12.5 Å². The molecule has 0 saturated carbocycles. The van der Waals surface area contributed by atoms with Gasteiger partial charge in [0.2, 0.25) is 0 Å². The first-order chi connectivity index (χ1) is 8.84. The van der Waals surface area contributed by atoms with Gasteiger partial charge in [-0.2, -0.15) is 0 Å². The number of hydrogen-bond acceptors (Lipinski definition) is 2. The number of benzene rings is 1. The van der Waals surface area contributed by atoms with Gasteiger partial charge in [-0.15, -0.1) is 0 Å². The van der Waals surface area contributed by atoms with Gasteiger partial charge in [0, 0.05) is 41.0 Å². The molecule has 3 rings (SSSR count). The minimum atomic E-state index is 0.155. The number of aryl methyl sites for hydroxylation is 1. The molecule has 3 aromatic rings. The lowest BCUT2D eigenvalue weighted by molar-refractivity contribution is 0.0984. The average Bonchev–Trinajstić information content (AvgIpc) is 3.05. The molecular formula is C14H13N3O. The van der Waals surface area contributed by atoms with E-state index in [1.165, 1.54) is 0 Å². The number of nitrogens with one attached hydrogen (secondary N) is 2. The first-order valence-corrected chi connectivity index (χ1v) is 5.91. The van der Waals surface area contributed by atoms with E-state index in [9.17, 15) is 4.79 Å². The fourth-order valence-corrected chi connectivity index (χ4v) is 2.11. The molecule has 0 amide bonds. The highest BCUT2D eigenvalue weighted by Gasteiger charge is 2.11. The summed E-state index contributed by atoms with van der Waals surface area (Å²) in [5.74, 6) is 0.155. The Bertz CT molecular complexity index is 667. The minimum Gasteiger partial charge on any atom is -0.360 e. The zero-order chi connectivity index (χ0) is 12.4. The Morgan fingerprint density at radius 2 is 2.11 bits per heavy atom. The maximum atomic E-state index is 12.2. The van der Waals surface area contributed by atoms with Crippen LogP contribution < -0.4 is 0 Å². The van der Waals surface area contributed by atoms with Gasteiger partial charge in [0.05, 0.1) is 6.33 Å². The van der Waals surface area contributed by atoms with Crippen molar-refractivity contribution in [3.05, 3.63) is 54.2 Å². The highest BCUT2D eigenvalue weighted by Crippen LogP contribution is 2.19. The lowest BCUT2D eigenvalue weighted by Crippen LogP contribution is -2.00. The van der Waals surface area contributed by atoms with Crippen molar-refractivity contribution in [2.24, 2.45) is 0 Å². The summed E-state index contributed by atoms with van der Waals surface area (Å²) in [6.45, 7) is 0. The fourth-order valence-electron chi connectivity index (χ4n) is 2.11. The maximum Gasteiger partial charge on any atom is 0.165 e. The number of Topliss-reactive ketones (excluding diaryl/α,β-unsaturated/α-hetero) is 1. The second kappa shape index (κ2) is 4.49. The summed E-state index contributed by atoms with van der Waals surface area (Å²) in [4.78, 5) is 22.2. The van der Waals surface area contributed by atoms with Crippen LogP contribution in [0.2, 0.25) is 0 Å². The summed E-state index contributed by atoms with van der Waals surface area (Å²) in [5, 5.41) is 0.993. The minimum absolute atomic E-state index is 0.155. The van der Waals surface area contributed by atoms with Crippen LogP contribution in [0.3, 0.4) is 0 Å². The van der Waals surface area contributed by atoms with Crippen LogP contribution >= 0.6 is 0 Å². The SMILES string of the molecule is O=C(CCc1cnc[nH]1)c1c[nH]c2ccccc12. The molecule has 0 bridgehead atoms. The van der Waals surface area contributed by atoms with Crippen LogP contribution in [0.5, 0.6) is 0 Å². The number of imidazole rings is 1. The van der Waals surface area contributed by atoms with Crippen LogP contribution in [0.4, 0.5) is 0 Å². The summed E-state index contributed by atoms with van der Waals surface area (Å²) in [7, 11) is 0. The molecule has 0 aliphatic heterocycles. The van der Waals surface area contributed by atoms with E-state index < -0.39 is 0 Å². The van der Waals surface area contributed by atoms with Crippen molar-refractivity contribution >= 4 is 16.7 Å². The molecule has 4 nitrogen and oxygen atoms in total. The van der Waals surface area contributed by atoms with Gasteiger partial charge in [-0.3, -0.25) is 4.79 Å². The number of para-hydroxylation sites is 1. The summed E-state index contributed by atoms with van der Waals surface area (Å²) in [6, 6.07) is 7.84. The molecule has 0 fully saturated rings. The number of ketones is 1. The Hall–Kier alpha value is -2.36. The molecule has 4 heteroatoms. The maximum absolute atomic E-state index is 12.2. The molecule has 0 atom stereocenters. The van der Waals surface area contributed by atoms with E-state index in [0.29, 0.717) is 12.8 Å². The first-order valence-electron chi connectivity index (χ1n) is 5.91. The lowest BCUT2D eigenvalue weighted by atomic mass is 10.1. The van der Waals surface area contributed by atoms with E-state index in [1.54, 1.807) is 18.7 Å². The molecule has 0 spiro atoms. The third-order valence-corrected chi connectivity index (χ3v) is 3.07. The highest BCUT2D eigenvalue weighted by atomic mass is 16.1. The summed E-state index contributed by atoms with van der Waals surface area (Å²) < 4.78 is 0. The Balaban J connectivity index is 1.80. The third-order valence-electron chi connectivity index (χ3n) is 3.07. The number of fused-ring (bicyclic) bond motifs is 1. The zero-order valence-corrected chi connectivity index (χ0v) is 9.81. The number of rotatable bonds is 4. The Labute approximate surface area is 104 Å². The lowest BCUT2D eigenvalue weighted by Gasteiger charge is -1.98. The second-order valence-electron chi connectivity index (χ2n) is 4.25. The van der Waals surface area contributed by atoms with Gasteiger partial charge in [0.15, 0.2) is 5.78 Å². The van der Waals surface area contributed by atoms with E-state index in [2.05, 4.69) is 15.0 Å². The fraction of sp³-hybridized carbons (Fsp3) is 0.143. The first kappa shape index (κ1) is 10.8. The molecule has 0 radical (unpaired) electrons. The summed E-state index contributed by atoms with van der Waals surface area (Å²) in [6.07, 6.45) is 6.36. The smallest absolute Gasteiger partial charge is 0.165 e. The van der Waals surface area contributed by atoms with E-state index in [4.69, 9.17) is 0 Å². The number of nitrogens with zero attached hydrogens (tertiary/aromatic N) is 1. The van der Waals surface area contributed by atoms with Crippen LogP contribution in [0.25, 0.3) is 10.9 Å². The van der Waals surface area contributed by atoms with Crippen LogP contribution in [0.15, 0.2) is 43.0 Å². The quantitative estimate of drug-likeness (QED) is 0.687. The standard InChI is InChI=1S/C14H13N3O/c18-14(6-5-10-7-15-9-17-10)12-8-16-13-4-2-1-3-11(12)13/h1-4,7-9,16H,5-6H2,(H,15,17). The Morgan fingerprint density at radius 1 is 1.22 bits per heavy atom. The third kappa shape index (κ3) is 1.93. The monoisotopic (exact) mass is 239 g/mol. The normalized spacial score (nSPS) is 10.9. The van der Waals surface area contributed by atoms with Crippen molar-refractivity contribution in [2.45, 2.75) is 12.8 Å². The topological polar surface area (TPSA) is 61.5 Å². The average molecular weight is 239 g/mol. The van der Waals surface area contributed by atoms with Crippen LogP contribution in [0.1, 0.15) is 22.5 Å². The number of hydrogen-bond donors (Lipinski definition) is 2.